The first-order valence-electron chi connectivity index (χ1n) is 7.58. The zero-order valence-corrected chi connectivity index (χ0v) is 13.6. The number of hydrogen-bond donors (Lipinski definition) is 0. The van der Waals surface area contributed by atoms with Crippen molar-refractivity contribution in [3.8, 4) is 0 Å². The Labute approximate surface area is 143 Å². The maximum Gasteiger partial charge on any atom is 0.242 e. The first-order chi connectivity index (χ1) is 10.9. The molecule has 23 heavy (non-hydrogen) atoms. The van der Waals surface area contributed by atoms with Crippen LogP contribution in [0.4, 0.5) is 0 Å². The van der Waals surface area contributed by atoms with Crippen molar-refractivity contribution in [3.63, 3.8) is 0 Å². The lowest BCUT2D eigenvalue weighted by Crippen LogP contribution is -2.32. The Hall–Kier alpha value is -1.73. The monoisotopic (exact) mass is 339 g/mol. The van der Waals surface area contributed by atoms with Gasteiger partial charge in [0.15, 0.2) is 0 Å². The molecule has 118 valence electrons. The Balaban J connectivity index is 0.00000192. The summed E-state index contributed by atoms with van der Waals surface area (Å²) < 4.78 is 6.50. The van der Waals surface area contributed by atoms with Crippen molar-refractivity contribution in [2.24, 2.45) is 0 Å². The molecule has 0 aromatic heterocycles. The fraction of sp³-hybridized carbons (Fsp3) is 0.100. The lowest BCUT2D eigenvalue weighted by Gasteiger charge is -2.25. The first kappa shape index (κ1) is 17.6. The summed E-state index contributed by atoms with van der Waals surface area (Å²) >= 11 is 0. The maximum absolute atomic E-state index is 6.50. The Bertz CT molecular complexity index is 605. The van der Waals surface area contributed by atoms with Crippen LogP contribution in [0.1, 0.15) is 6.92 Å². The third kappa shape index (κ3) is 3.45. The Morgan fingerprint density at radius 2 is 0.913 bits per heavy atom. The highest BCUT2D eigenvalue weighted by atomic mass is 31.2. The van der Waals surface area contributed by atoms with Crippen LogP contribution in [0.3, 0.4) is 0 Å². The number of hydrogen-bond acceptors (Lipinski definition) is 1. The summed E-state index contributed by atoms with van der Waals surface area (Å²) in [5.74, 6) is 0. The van der Waals surface area contributed by atoms with Crippen LogP contribution in [-0.4, -0.2) is 17.6 Å². The Kier molecular flexibility index (Phi) is 6.29. The molecule has 0 fully saturated rings. The molecule has 0 N–H and O–H groups in total. The summed E-state index contributed by atoms with van der Waals surface area (Å²) in [7, 11) is -2.05. The van der Waals surface area contributed by atoms with E-state index in [4.69, 9.17) is 4.52 Å². The van der Waals surface area contributed by atoms with Gasteiger partial charge in [-0.15, -0.1) is 0 Å². The molecule has 0 radical (unpaired) electrons. The first-order valence-corrected chi connectivity index (χ1v) is 9.29. The van der Waals surface area contributed by atoms with E-state index in [1.165, 1.54) is 15.9 Å². The third-order valence-electron chi connectivity index (χ3n) is 3.68. The molecule has 0 spiro atoms. The predicted molar refractivity (Wildman–Crippen MR) is 108 cm³/mol. The molecule has 0 amide bonds. The molecule has 0 aliphatic rings. The van der Waals surface area contributed by atoms with E-state index >= 15 is 0 Å². The van der Waals surface area contributed by atoms with Crippen LogP contribution in [-0.2, 0) is 4.52 Å². The summed E-state index contributed by atoms with van der Waals surface area (Å²) in [6, 6.07) is 31.8. The molecule has 0 saturated carbocycles. The standard InChI is InChI=1S/C20H20OP.H4Si/c1-2-21-22(18-12-6-3-7-13-18,19-14-8-4-9-15-19)20-16-10-5-11-17-20;/h3-17H,2H2,1H3;1H4/q+1;. The van der Waals surface area contributed by atoms with Crippen molar-refractivity contribution in [2.75, 3.05) is 6.61 Å². The van der Waals surface area contributed by atoms with Gasteiger partial charge in [-0.1, -0.05) is 54.6 Å². The van der Waals surface area contributed by atoms with E-state index in [2.05, 4.69) is 97.9 Å². The summed E-state index contributed by atoms with van der Waals surface area (Å²) in [4.78, 5) is 0. The van der Waals surface area contributed by atoms with Gasteiger partial charge in [0.25, 0.3) is 0 Å². The third-order valence-corrected chi connectivity index (χ3v) is 7.40. The second kappa shape index (κ2) is 8.21. The average molecular weight is 339 g/mol. The molecule has 3 heteroatoms. The van der Waals surface area contributed by atoms with Gasteiger partial charge in [-0.2, -0.15) is 0 Å². The van der Waals surface area contributed by atoms with Crippen molar-refractivity contribution in [3.05, 3.63) is 91.0 Å². The van der Waals surface area contributed by atoms with Crippen LogP contribution in [0.25, 0.3) is 0 Å². The largest absolute Gasteiger partial charge is 0.242 e. The van der Waals surface area contributed by atoms with E-state index in [9.17, 15) is 0 Å². The quantitative estimate of drug-likeness (QED) is 0.513. The van der Waals surface area contributed by atoms with Crippen molar-refractivity contribution in [2.45, 2.75) is 6.92 Å². The minimum absolute atomic E-state index is 0. The molecule has 0 bridgehead atoms. The van der Waals surface area contributed by atoms with E-state index in [0.29, 0.717) is 6.61 Å². The summed E-state index contributed by atoms with van der Waals surface area (Å²) in [5, 5.41) is 3.78. The Morgan fingerprint density at radius 1 is 0.609 bits per heavy atom. The molecule has 1 nitrogen and oxygen atoms in total. The van der Waals surface area contributed by atoms with Crippen molar-refractivity contribution < 1.29 is 4.52 Å². The van der Waals surface area contributed by atoms with E-state index in [1.807, 2.05) is 0 Å². The van der Waals surface area contributed by atoms with Gasteiger partial charge < -0.3 is 0 Å². The number of rotatable bonds is 5. The lowest BCUT2D eigenvalue weighted by atomic mass is 10.4. The lowest BCUT2D eigenvalue weighted by molar-refractivity contribution is 0.381. The van der Waals surface area contributed by atoms with Crippen molar-refractivity contribution in [1.82, 2.24) is 0 Å². The van der Waals surface area contributed by atoms with Gasteiger partial charge in [-0.3, -0.25) is 0 Å². The molecule has 0 saturated heterocycles. The highest BCUT2D eigenvalue weighted by molar-refractivity contribution is 7.91. The average Bonchev–Trinajstić information content (AvgIpc) is 2.62. The molecule has 0 aliphatic heterocycles. The van der Waals surface area contributed by atoms with Gasteiger partial charge >= 0.3 is 0 Å². The second-order valence-electron chi connectivity index (χ2n) is 5.03. The zero-order chi connectivity index (χ0) is 15.3. The van der Waals surface area contributed by atoms with Crippen molar-refractivity contribution >= 4 is 34.4 Å². The molecular weight excluding hydrogens is 315 g/mol. The number of benzene rings is 3. The van der Waals surface area contributed by atoms with Crippen LogP contribution in [0.15, 0.2) is 91.0 Å². The fourth-order valence-corrected chi connectivity index (χ4v) is 6.28. The summed E-state index contributed by atoms with van der Waals surface area (Å²) in [6.45, 7) is 2.76. The van der Waals surface area contributed by atoms with Gasteiger partial charge in [-0.05, 0) is 54.3 Å². The van der Waals surface area contributed by atoms with Crippen LogP contribution in [0.5, 0.6) is 0 Å². The van der Waals surface area contributed by atoms with Gasteiger partial charge in [0.2, 0.25) is 7.49 Å². The van der Waals surface area contributed by atoms with Crippen LogP contribution < -0.4 is 15.9 Å². The zero-order valence-electron chi connectivity index (χ0n) is 12.7. The highest BCUT2D eigenvalue weighted by Crippen LogP contribution is 2.56. The SMILES string of the molecule is CCO[P+](c1ccccc1)(c1ccccc1)c1ccccc1.[SiH4]. The summed E-state index contributed by atoms with van der Waals surface area (Å²) in [6.07, 6.45) is 0. The van der Waals surface area contributed by atoms with Gasteiger partial charge in [0.05, 0.1) is 6.61 Å². The molecule has 0 aliphatic carbocycles. The molecule has 3 aromatic rings. The smallest absolute Gasteiger partial charge is 0.222 e. The van der Waals surface area contributed by atoms with E-state index in [1.54, 1.807) is 0 Å². The van der Waals surface area contributed by atoms with Gasteiger partial charge in [0.1, 0.15) is 15.9 Å². The molecule has 0 atom stereocenters. The normalized spacial score (nSPS) is 10.8. The van der Waals surface area contributed by atoms with Crippen LogP contribution >= 0.6 is 7.49 Å². The van der Waals surface area contributed by atoms with E-state index in [0.717, 1.165) is 0 Å². The van der Waals surface area contributed by atoms with Crippen LogP contribution in [0, 0.1) is 0 Å². The molecule has 0 heterocycles. The molecular formula is C20H24OPSi+. The minimum atomic E-state index is -2.05. The Morgan fingerprint density at radius 3 is 1.17 bits per heavy atom. The minimum Gasteiger partial charge on any atom is -0.222 e. The maximum atomic E-state index is 6.50. The predicted octanol–water partition coefficient (Wildman–Crippen LogP) is 2.48. The second-order valence-corrected chi connectivity index (χ2v) is 8.06. The van der Waals surface area contributed by atoms with Gasteiger partial charge in [-0.25, -0.2) is 4.52 Å². The molecule has 0 unspecified atom stereocenters. The van der Waals surface area contributed by atoms with E-state index < -0.39 is 7.49 Å². The highest BCUT2D eigenvalue weighted by Gasteiger charge is 2.47. The molecule has 3 aromatic carbocycles. The van der Waals surface area contributed by atoms with Gasteiger partial charge in [0, 0.05) is 0 Å². The topological polar surface area (TPSA) is 9.23 Å². The van der Waals surface area contributed by atoms with E-state index in [-0.39, 0.29) is 11.0 Å². The van der Waals surface area contributed by atoms with Crippen molar-refractivity contribution in [1.29, 1.82) is 0 Å². The summed E-state index contributed by atoms with van der Waals surface area (Å²) in [5.41, 5.74) is 0. The van der Waals surface area contributed by atoms with Crippen LogP contribution in [0.2, 0.25) is 0 Å². The fourth-order valence-electron chi connectivity index (χ4n) is 2.78. The molecule has 3 rings (SSSR count).